The van der Waals surface area contributed by atoms with Crippen molar-refractivity contribution in [1.29, 1.82) is 0 Å². The molecule has 0 aliphatic carbocycles. The second-order valence-corrected chi connectivity index (χ2v) is 4.94. The summed E-state index contributed by atoms with van der Waals surface area (Å²) in [7, 11) is 1.77. The van der Waals surface area contributed by atoms with Gasteiger partial charge in [-0.05, 0) is 32.0 Å². The zero-order chi connectivity index (χ0) is 14.7. The topological polar surface area (TPSA) is 56.1 Å². The molecule has 2 rings (SSSR count). The molecule has 1 amide bonds. The van der Waals surface area contributed by atoms with Crippen molar-refractivity contribution in [3.05, 3.63) is 41.0 Å². The van der Waals surface area contributed by atoms with Gasteiger partial charge in [0.25, 0.3) is 5.91 Å². The normalized spacial score (nSPS) is 12.0. The average Bonchev–Trinajstić information content (AvgIpc) is 2.67. The SMILES string of the molecule is Cc1cc(NC(=O)[C@@H](C)Oc2cccc(Cl)c2)n(C)n1. The van der Waals surface area contributed by atoms with Crippen molar-refractivity contribution < 1.29 is 9.53 Å². The zero-order valence-corrected chi connectivity index (χ0v) is 12.3. The van der Waals surface area contributed by atoms with Crippen molar-refractivity contribution >= 4 is 23.3 Å². The highest BCUT2D eigenvalue weighted by molar-refractivity contribution is 6.30. The number of anilines is 1. The van der Waals surface area contributed by atoms with Gasteiger partial charge in [-0.15, -0.1) is 0 Å². The first-order valence-electron chi connectivity index (χ1n) is 6.19. The lowest BCUT2D eigenvalue weighted by atomic mass is 10.3. The molecule has 0 saturated heterocycles. The molecule has 1 N–H and O–H groups in total. The molecular weight excluding hydrogens is 278 g/mol. The number of carbonyl (C=O) groups is 1. The number of ether oxygens (including phenoxy) is 1. The van der Waals surface area contributed by atoms with Crippen LogP contribution in [0.25, 0.3) is 0 Å². The van der Waals surface area contributed by atoms with Crippen LogP contribution in [0.4, 0.5) is 5.82 Å². The maximum absolute atomic E-state index is 12.1. The summed E-state index contributed by atoms with van der Waals surface area (Å²) in [6.45, 7) is 3.54. The van der Waals surface area contributed by atoms with E-state index < -0.39 is 6.10 Å². The summed E-state index contributed by atoms with van der Waals surface area (Å²) in [5.41, 5.74) is 0.839. The molecule has 1 heterocycles. The standard InChI is InChI=1S/C14H16ClN3O2/c1-9-7-13(18(3)17-9)16-14(19)10(2)20-12-6-4-5-11(15)8-12/h4-8,10H,1-3H3,(H,16,19)/t10-/m1/s1. The average molecular weight is 294 g/mol. The van der Waals surface area contributed by atoms with E-state index in [1.165, 1.54) is 0 Å². The van der Waals surface area contributed by atoms with Crippen LogP contribution in [-0.4, -0.2) is 21.8 Å². The zero-order valence-electron chi connectivity index (χ0n) is 11.6. The highest BCUT2D eigenvalue weighted by Crippen LogP contribution is 2.18. The van der Waals surface area contributed by atoms with Crippen LogP contribution in [0.5, 0.6) is 5.75 Å². The fourth-order valence-corrected chi connectivity index (χ4v) is 1.93. The summed E-state index contributed by atoms with van der Waals surface area (Å²) in [4.78, 5) is 12.1. The lowest BCUT2D eigenvalue weighted by Crippen LogP contribution is -2.30. The van der Waals surface area contributed by atoms with Gasteiger partial charge in [0.15, 0.2) is 6.10 Å². The van der Waals surface area contributed by atoms with E-state index in [4.69, 9.17) is 16.3 Å². The summed E-state index contributed by atoms with van der Waals surface area (Å²) in [5.74, 6) is 0.948. The van der Waals surface area contributed by atoms with Gasteiger partial charge in [0.05, 0.1) is 5.69 Å². The molecule has 1 aromatic heterocycles. The number of amides is 1. The number of halogens is 1. The molecule has 0 aliphatic rings. The van der Waals surface area contributed by atoms with Gasteiger partial charge in [0.2, 0.25) is 0 Å². The van der Waals surface area contributed by atoms with Gasteiger partial charge >= 0.3 is 0 Å². The van der Waals surface area contributed by atoms with Crippen LogP contribution in [-0.2, 0) is 11.8 Å². The van der Waals surface area contributed by atoms with E-state index >= 15 is 0 Å². The Labute approximate surface area is 122 Å². The Balaban J connectivity index is 2.00. The predicted octanol–water partition coefficient (Wildman–Crippen LogP) is 2.79. The van der Waals surface area contributed by atoms with Crippen LogP contribution in [0.2, 0.25) is 5.02 Å². The molecule has 2 aromatic rings. The van der Waals surface area contributed by atoms with Gasteiger partial charge in [0.1, 0.15) is 11.6 Å². The summed E-state index contributed by atoms with van der Waals surface area (Å²) in [6, 6.07) is 8.73. The highest BCUT2D eigenvalue weighted by Gasteiger charge is 2.16. The van der Waals surface area contributed by atoms with E-state index in [-0.39, 0.29) is 5.91 Å². The van der Waals surface area contributed by atoms with Crippen molar-refractivity contribution in [2.24, 2.45) is 7.05 Å². The van der Waals surface area contributed by atoms with Crippen LogP contribution < -0.4 is 10.1 Å². The Morgan fingerprint density at radius 2 is 2.20 bits per heavy atom. The minimum atomic E-state index is -0.635. The van der Waals surface area contributed by atoms with Gasteiger partial charge < -0.3 is 10.1 Å². The lowest BCUT2D eigenvalue weighted by Gasteiger charge is -2.14. The van der Waals surface area contributed by atoms with E-state index in [0.29, 0.717) is 16.6 Å². The predicted molar refractivity (Wildman–Crippen MR) is 78.1 cm³/mol. The largest absolute Gasteiger partial charge is 0.481 e. The Kier molecular flexibility index (Phi) is 4.29. The van der Waals surface area contributed by atoms with Crippen LogP contribution in [0.15, 0.2) is 30.3 Å². The molecule has 0 radical (unpaired) electrons. The Morgan fingerprint density at radius 1 is 1.45 bits per heavy atom. The van der Waals surface area contributed by atoms with Gasteiger partial charge in [-0.3, -0.25) is 9.48 Å². The number of rotatable bonds is 4. The molecule has 1 aromatic carbocycles. The first-order chi connectivity index (χ1) is 9.45. The van der Waals surface area contributed by atoms with Gasteiger partial charge in [0, 0.05) is 18.1 Å². The maximum atomic E-state index is 12.1. The molecule has 0 saturated carbocycles. The van der Waals surface area contributed by atoms with Crippen LogP contribution in [0.1, 0.15) is 12.6 Å². The monoisotopic (exact) mass is 293 g/mol. The van der Waals surface area contributed by atoms with E-state index in [0.717, 1.165) is 5.69 Å². The van der Waals surface area contributed by atoms with E-state index in [9.17, 15) is 4.79 Å². The summed E-state index contributed by atoms with van der Waals surface area (Å²) in [5, 5.41) is 7.50. The molecule has 6 heteroatoms. The third-order valence-corrected chi connectivity index (χ3v) is 2.97. The molecule has 1 atom stereocenters. The second kappa shape index (κ2) is 5.96. The number of benzene rings is 1. The molecule has 106 valence electrons. The summed E-state index contributed by atoms with van der Waals surface area (Å²) in [6.07, 6.45) is -0.635. The van der Waals surface area contributed by atoms with Crippen LogP contribution in [0, 0.1) is 6.92 Å². The number of aromatic nitrogens is 2. The molecule has 20 heavy (non-hydrogen) atoms. The van der Waals surface area contributed by atoms with E-state index in [1.54, 1.807) is 49.0 Å². The van der Waals surface area contributed by atoms with Crippen molar-refractivity contribution in [2.45, 2.75) is 20.0 Å². The summed E-state index contributed by atoms with van der Waals surface area (Å²) >= 11 is 5.87. The van der Waals surface area contributed by atoms with Gasteiger partial charge in [-0.1, -0.05) is 17.7 Å². The van der Waals surface area contributed by atoms with Crippen LogP contribution >= 0.6 is 11.6 Å². The quantitative estimate of drug-likeness (QED) is 0.943. The minimum absolute atomic E-state index is 0.243. The van der Waals surface area contributed by atoms with Crippen molar-refractivity contribution in [3.63, 3.8) is 0 Å². The van der Waals surface area contributed by atoms with E-state index in [2.05, 4.69) is 10.4 Å². The van der Waals surface area contributed by atoms with Gasteiger partial charge in [-0.25, -0.2) is 0 Å². The molecule has 0 fully saturated rings. The molecule has 5 nitrogen and oxygen atoms in total. The fourth-order valence-electron chi connectivity index (χ4n) is 1.75. The lowest BCUT2D eigenvalue weighted by molar-refractivity contribution is -0.122. The number of nitrogens with one attached hydrogen (secondary N) is 1. The van der Waals surface area contributed by atoms with Crippen molar-refractivity contribution in [2.75, 3.05) is 5.32 Å². The molecular formula is C14H16ClN3O2. The Bertz CT molecular complexity index is 625. The van der Waals surface area contributed by atoms with Crippen LogP contribution in [0.3, 0.4) is 0 Å². The maximum Gasteiger partial charge on any atom is 0.266 e. The number of hydrogen-bond donors (Lipinski definition) is 1. The second-order valence-electron chi connectivity index (χ2n) is 4.50. The first kappa shape index (κ1) is 14.4. The number of hydrogen-bond acceptors (Lipinski definition) is 3. The third-order valence-electron chi connectivity index (χ3n) is 2.73. The van der Waals surface area contributed by atoms with E-state index in [1.807, 2.05) is 6.92 Å². The highest BCUT2D eigenvalue weighted by atomic mass is 35.5. The summed E-state index contributed by atoms with van der Waals surface area (Å²) < 4.78 is 7.16. The Hall–Kier alpha value is -2.01. The van der Waals surface area contributed by atoms with Gasteiger partial charge in [-0.2, -0.15) is 5.10 Å². The number of carbonyl (C=O) groups excluding carboxylic acids is 1. The Morgan fingerprint density at radius 3 is 2.80 bits per heavy atom. The van der Waals surface area contributed by atoms with Crippen molar-refractivity contribution in [1.82, 2.24) is 9.78 Å². The smallest absolute Gasteiger partial charge is 0.266 e. The van der Waals surface area contributed by atoms with Crippen molar-refractivity contribution in [3.8, 4) is 5.75 Å². The fraction of sp³-hybridized carbons (Fsp3) is 0.286. The molecule has 0 spiro atoms. The molecule has 0 aliphatic heterocycles. The number of aryl methyl sites for hydroxylation is 2. The molecule has 0 bridgehead atoms. The third kappa shape index (κ3) is 3.51. The number of nitrogens with zero attached hydrogens (tertiary/aromatic N) is 2. The first-order valence-corrected chi connectivity index (χ1v) is 6.57. The minimum Gasteiger partial charge on any atom is -0.481 e. The molecule has 0 unspecified atom stereocenters.